The molecule has 90 valence electrons. The highest BCUT2D eigenvalue weighted by atomic mass is 16.4. The lowest BCUT2D eigenvalue weighted by Gasteiger charge is -2.09. The quantitative estimate of drug-likeness (QED) is 0.466. The Balaban J connectivity index is 2.45. The van der Waals surface area contributed by atoms with Crippen molar-refractivity contribution in [3.8, 4) is 5.75 Å². The van der Waals surface area contributed by atoms with Crippen molar-refractivity contribution in [3.63, 3.8) is 0 Å². The lowest BCUT2D eigenvalue weighted by molar-refractivity contribution is -0.131. The van der Waals surface area contributed by atoms with E-state index in [1.807, 2.05) is 0 Å². The van der Waals surface area contributed by atoms with Crippen LogP contribution >= 0.6 is 0 Å². The Bertz CT molecular complexity index is 477. The lowest BCUT2D eigenvalue weighted by Crippen LogP contribution is -2.13. The first-order chi connectivity index (χ1) is 8.09. The summed E-state index contributed by atoms with van der Waals surface area (Å²) in [7, 11) is 0. The molecule has 1 aliphatic rings. The Morgan fingerprint density at radius 2 is 1.59 bits per heavy atom. The van der Waals surface area contributed by atoms with Gasteiger partial charge >= 0.3 is 5.97 Å². The van der Waals surface area contributed by atoms with E-state index in [0.29, 0.717) is 0 Å². The first-order valence-electron chi connectivity index (χ1n) is 5.72. The van der Waals surface area contributed by atoms with Gasteiger partial charge in [-0.3, -0.25) is 4.79 Å². The Morgan fingerprint density at radius 1 is 1.00 bits per heavy atom. The van der Waals surface area contributed by atoms with Crippen molar-refractivity contribution in [2.75, 3.05) is 0 Å². The van der Waals surface area contributed by atoms with Crippen LogP contribution in [0.1, 0.15) is 40.7 Å². The molecule has 4 nitrogen and oxygen atoms in total. The number of aryl methyl sites for hydroxylation is 2. The van der Waals surface area contributed by atoms with Crippen molar-refractivity contribution < 1.29 is 19.8 Å². The van der Waals surface area contributed by atoms with Gasteiger partial charge < -0.3 is 10.2 Å². The molecule has 0 unspecified atom stereocenters. The maximum Gasteiger partial charge on any atom is 0.377 e. The van der Waals surface area contributed by atoms with Gasteiger partial charge in [-0.05, 0) is 48.9 Å². The molecule has 1 aliphatic carbocycles. The van der Waals surface area contributed by atoms with Gasteiger partial charge in [-0.1, -0.05) is 6.42 Å². The number of aromatic hydroxyl groups is 1. The monoisotopic (exact) mass is 234 g/mol. The summed E-state index contributed by atoms with van der Waals surface area (Å²) in [4.78, 5) is 22.0. The van der Waals surface area contributed by atoms with Gasteiger partial charge in [-0.25, -0.2) is 4.79 Å². The van der Waals surface area contributed by atoms with Crippen molar-refractivity contribution in [3.05, 3.63) is 28.8 Å². The molecule has 0 saturated carbocycles. The maximum absolute atomic E-state index is 11.4. The second-order valence-electron chi connectivity index (χ2n) is 4.33. The SMILES string of the molecule is O=C(O)C(=O)c1cc2c(cc1O)CCCCC2. The highest BCUT2D eigenvalue weighted by molar-refractivity contribution is 6.40. The maximum atomic E-state index is 11.4. The van der Waals surface area contributed by atoms with E-state index in [1.165, 1.54) is 12.1 Å². The molecular weight excluding hydrogens is 220 g/mol. The predicted molar refractivity (Wildman–Crippen MR) is 61.3 cm³/mol. The second kappa shape index (κ2) is 4.57. The molecule has 0 fully saturated rings. The average molecular weight is 234 g/mol. The summed E-state index contributed by atoms with van der Waals surface area (Å²) in [6, 6.07) is 3.07. The van der Waals surface area contributed by atoms with Crippen molar-refractivity contribution >= 4 is 11.8 Å². The standard InChI is InChI=1S/C13H14O4/c14-11-7-9-5-3-1-2-4-8(9)6-10(11)12(15)13(16)17/h6-7,14H,1-5H2,(H,16,17). The Labute approximate surface area is 98.9 Å². The van der Waals surface area contributed by atoms with Crippen molar-refractivity contribution in [2.45, 2.75) is 32.1 Å². The van der Waals surface area contributed by atoms with Gasteiger partial charge in [0.2, 0.25) is 0 Å². The molecule has 2 rings (SSSR count). The van der Waals surface area contributed by atoms with Gasteiger partial charge in [0, 0.05) is 0 Å². The van der Waals surface area contributed by atoms with Crippen molar-refractivity contribution in [1.82, 2.24) is 0 Å². The summed E-state index contributed by atoms with van der Waals surface area (Å²) < 4.78 is 0. The minimum absolute atomic E-state index is 0.0989. The number of carbonyl (C=O) groups excluding carboxylic acids is 1. The first kappa shape index (κ1) is 11.6. The summed E-state index contributed by atoms with van der Waals surface area (Å²) in [5.41, 5.74) is 1.92. The van der Waals surface area contributed by atoms with Crippen molar-refractivity contribution in [2.24, 2.45) is 0 Å². The zero-order valence-electron chi connectivity index (χ0n) is 9.40. The third-order valence-electron chi connectivity index (χ3n) is 3.15. The van der Waals surface area contributed by atoms with E-state index in [9.17, 15) is 14.7 Å². The largest absolute Gasteiger partial charge is 0.507 e. The minimum atomic E-state index is -1.53. The fourth-order valence-electron chi connectivity index (χ4n) is 2.25. The van der Waals surface area contributed by atoms with Gasteiger partial charge in [-0.15, -0.1) is 0 Å². The van der Waals surface area contributed by atoms with Gasteiger partial charge in [0.25, 0.3) is 5.78 Å². The Kier molecular flexibility index (Phi) is 3.13. The molecule has 0 radical (unpaired) electrons. The highest BCUT2D eigenvalue weighted by Gasteiger charge is 2.21. The van der Waals surface area contributed by atoms with Crippen LogP contribution < -0.4 is 0 Å². The lowest BCUT2D eigenvalue weighted by atomic mass is 9.97. The number of ketones is 1. The number of fused-ring (bicyclic) bond motifs is 1. The summed E-state index contributed by atoms with van der Waals surface area (Å²) in [5.74, 6) is -2.80. The number of rotatable bonds is 2. The molecule has 0 saturated heterocycles. The van der Waals surface area contributed by atoms with Crippen molar-refractivity contribution in [1.29, 1.82) is 0 Å². The van der Waals surface area contributed by atoms with Crippen LogP contribution in [0.3, 0.4) is 0 Å². The summed E-state index contributed by atoms with van der Waals surface area (Å²) in [5, 5.41) is 18.4. The smallest absolute Gasteiger partial charge is 0.377 e. The Morgan fingerprint density at radius 3 is 2.18 bits per heavy atom. The van der Waals surface area contributed by atoms with E-state index in [1.54, 1.807) is 0 Å². The normalized spacial score (nSPS) is 14.8. The second-order valence-corrected chi connectivity index (χ2v) is 4.33. The molecule has 0 bridgehead atoms. The minimum Gasteiger partial charge on any atom is -0.507 e. The molecule has 1 aromatic carbocycles. The number of carboxylic acids is 1. The fraction of sp³-hybridized carbons (Fsp3) is 0.385. The molecule has 0 atom stereocenters. The predicted octanol–water partition coefficient (Wildman–Crippen LogP) is 1.93. The van der Waals surface area contributed by atoms with Crippen LogP contribution in [-0.2, 0) is 17.6 Å². The van der Waals surface area contributed by atoms with Crippen LogP contribution in [0.15, 0.2) is 12.1 Å². The van der Waals surface area contributed by atoms with Gasteiger partial charge in [-0.2, -0.15) is 0 Å². The molecule has 1 aromatic rings. The van der Waals surface area contributed by atoms with Gasteiger partial charge in [0.15, 0.2) is 0 Å². The number of benzene rings is 1. The number of phenols is 1. The summed E-state index contributed by atoms with van der Waals surface area (Å²) in [6.07, 6.45) is 4.95. The molecule has 17 heavy (non-hydrogen) atoms. The number of aliphatic carboxylic acids is 1. The third-order valence-corrected chi connectivity index (χ3v) is 3.15. The van der Waals surface area contributed by atoms with Crippen LogP contribution in [0, 0.1) is 0 Å². The van der Waals surface area contributed by atoms with E-state index in [2.05, 4.69) is 0 Å². The third kappa shape index (κ3) is 2.30. The molecule has 0 aliphatic heterocycles. The van der Waals surface area contributed by atoms with E-state index in [0.717, 1.165) is 43.2 Å². The van der Waals surface area contributed by atoms with Gasteiger partial charge in [0.1, 0.15) is 5.75 Å². The summed E-state index contributed by atoms with van der Waals surface area (Å²) >= 11 is 0. The van der Waals surface area contributed by atoms with E-state index in [-0.39, 0.29) is 11.3 Å². The molecule has 2 N–H and O–H groups in total. The zero-order chi connectivity index (χ0) is 12.4. The molecular formula is C13H14O4. The number of hydrogen-bond donors (Lipinski definition) is 2. The average Bonchev–Trinajstić information content (AvgIpc) is 2.51. The van der Waals surface area contributed by atoms with Crippen LogP contribution in [0.2, 0.25) is 0 Å². The molecule has 0 spiro atoms. The molecule has 0 aromatic heterocycles. The number of carbonyl (C=O) groups is 2. The molecule has 0 heterocycles. The first-order valence-corrected chi connectivity index (χ1v) is 5.72. The van der Waals surface area contributed by atoms with E-state index < -0.39 is 11.8 Å². The number of Topliss-reactive ketones (excluding diaryl/α,β-unsaturated/α-hetero) is 1. The summed E-state index contributed by atoms with van der Waals surface area (Å²) in [6.45, 7) is 0. The topological polar surface area (TPSA) is 74.6 Å². The Hall–Kier alpha value is -1.84. The zero-order valence-corrected chi connectivity index (χ0v) is 9.40. The van der Waals surface area contributed by atoms with E-state index in [4.69, 9.17) is 5.11 Å². The molecule has 0 amide bonds. The molecule has 4 heteroatoms. The fourth-order valence-corrected chi connectivity index (χ4v) is 2.25. The number of phenolic OH excluding ortho intramolecular Hbond substituents is 1. The number of hydrogen-bond acceptors (Lipinski definition) is 3. The number of carboxylic acid groups (broad SMARTS) is 1. The van der Waals surface area contributed by atoms with Crippen LogP contribution in [0.25, 0.3) is 0 Å². The van der Waals surface area contributed by atoms with E-state index >= 15 is 0 Å². The van der Waals surface area contributed by atoms with Crippen LogP contribution in [0.5, 0.6) is 5.75 Å². The van der Waals surface area contributed by atoms with Crippen LogP contribution in [-0.4, -0.2) is 22.0 Å². The van der Waals surface area contributed by atoms with Gasteiger partial charge in [0.05, 0.1) is 5.56 Å². The van der Waals surface area contributed by atoms with Crippen LogP contribution in [0.4, 0.5) is 0 Å². The highest BCUT2D eigenvalue weighted by Crippen LogP contribution is 2.28.